The standard InChI is InChI=1S/C19H17FN2O2S/c1-13-17(25-19(22-13)14-7-9-15(20)10-8-14)18(23)21-11-12-24-16-5-3-2-4-6-16/h2-10H,11-12H2,1H3,(H,21,23). The number of nitrogens with zero attached hydrogens (tertiary/aromatic N) is 1. The molecule has 0 spiro atoms. The SMILES string of the molecule is Cc1nc(-c2ccc(F)cc2)sc1C(=O)NCCOc1ccccc1. The van der Waals surface area contributed by atoms with Gasteiger partial charge in [0.2, 0.25) is 0 Å². The summed E-state index contributed by atoms with van der Waals surface area (Å²) in [6.45, 7) is 2.58. The summed E-state index contributed by atoms with van der Waals surface area (Å²) < 4.78 is 18.6. The molecule has 0 atom stereocenters. The van der Waals surface area contributed by atoms with Crippen molar-refractivity contribution in [2.24, 2.45) is 0 Å². The van der Waals surface area contributed by atoms with Gasteiger partial charge >= 0.3 is 0 Å². The molecule has 0 aliphatic rings. The molecule has 1 heterocycles. The van der Waals surface area contributed by atoms with Crippen LogP contribution in [0.15, 0.2) is 54.6 Å². The fraction of sp³-hybridized carbons (Fsp3) is 0.158. The smallest absolute Gasteiger partial charge is 0.263 e. The normalized spacial score (nSPS) is 10.5. The van der Waals surface area contributed by atoms with E-state index >= 15 is 0 Å². The van der Waals surface area contributed by atoms with Crippen molar-refractivity contribution >= 4 is 17.2 Å². The number of halogens is 1. The van der Waals surface area contributed by atoms with Crippen molar-refractivity contribution < 1.29 is 13.9 Å². The number of aromatic nitrogens is 1. The highest BCUT2D eigenvalue weighted by atomic mass is 32.1. The molecule has 0 saturated heterocycles. The van der Waals surface area contributed by atoms with Gasteiger partial charge in [-0.15, -0.1) is 11.3 Å². The lowest BCUT2D eigenvalue weighted by molar-refractivity contribution is 0.0950. The number of hydrogen-bond acceptors (Lipinski definition) is 4. The largest absolute Gasteiger partial charge is 0.492 e. The van der Waals surface area contributed by atoms with E-state index in [1.807, 2.05) is 30.3 Å². The van der Waals surface area contributed by atoms with Crippen LogP contribution in [0, 0.1) is 12.7 Å². The minimum Gasteiger partial charge on any atom is -0.492 e. The lowest BCUT2D eigenvalue weighted by Gasteiger charge is -2.07. The van der Waals surface area contributed by atoms with Crippen molar-refractivity contribution in [2.75, 3.05) is 13.2 Å². The number of carbonyl (C=O) groups excluding carboxylic acids is 1. The Morgan fingerprint density at radius 3 is 2.60 bits per heavy atom. The van der Waals surface area contributed by atoms with Gasteiger partial charge in [-0.1, -0.05) is 18.2 Å². The molecule has 1 aromatic heterocycles. The summed E-state index contributed by atoms with van der Waals surface area (Å²) in [5.74, 6) is 0.290. The first kappa shape index (κ1) is 17.1. The monoisotopic (exact) mass is 356 g/mol. The Kier molecular flexibility index (Phi) is 5.40. The first-order valence-corrected chi connectivity index (χ1v) is 8.64. The number of nitrogens with one attached hydrogen (secondary N) is 1. The van der Waals surface area contributed by atoms with Crippen molar-refractivity contribution in [1.29, 1.82) is 0 Å². The van der Waals surface area contributed by atoms with E-state index in [0.717, 1.165) is 11.3 Å². The van der Waals surface area contributed by atoms with Gasteiger partial charge in [-0.2, -0.15) is 0 Å². The van der Waals surface area contributed by atoms with Gasteiger partial charge in [0.15, 0.2) is 0 Å². The number of aryl methyl sites for hydroxylation is 1. The van der Waals surface area contributed by atoms with Crippen molar-refractivity contribution in [3.8, 4) is 16.3 Å². The van der Waals surface area contributed by atoms with Crippen LogP contribution in [-0.2, 0) is 0 Å². The molecule has 0 radical (unpaired) electrons. The zero-order chi connectivity index (χ0) is 17.6. The molecular weight excluding hydrogens is 339 g/mol. The summed E-state index contributed by atoms with van der Waals surface area (Å²) in [5.41, 5.74) is 1.45. The second-order valence-corrected chi connectivity index (χ2v) is 6.36. The van der Waals surface area contributed by atoms with E-state index < -0.39 is 0 Å². The molecule has 0 fully saturated rings. The van der Waals surface area contributed by atoms with E-state index in [9.17, 15) is 9.18 Å². The summed E-state index contributed by atoms with van der Waals surface area (Å²) >= 11 is 1.29. The molecule has 3 rings (SSSR count). The number of ether oxygens (including phenoxy) is 1. The highest BCUT2D eigenvalue weighted by molar-refractivity contribution is 7.17. The average Bonchev–Trinajstić information content (AvgIpc) is 3.02. The number of hydrogen-bond donors (Lipinski definition) is 1. The fourth-order valence-corrected chi connectivity index (χ4v) is 3.24. The minimum absolute atomic E-state index is 0.181. The first-order chi connectivity index (χ1) is 12.1. The molecule has 1 N–H and O–H groups in total. The third-order valence-corrected chi connectivity index (χ3v) is 4.70. The van der Waals surface area contributed by atoms with E-state index in [4.69, 9.17) is 4.74 Å². The van der Waals surface area contributed by atoms with Crippen molar-refractivity contribution in [1.82, 2.24) is 10.3 Å². The molecule has 0 aliphatic heterocycles. The number of para-hydroxylation sites is 1. The molecule has 0 bridgehead atoms. The van der Waals surface area contributed by atoms with Gasteiger partial charge in [-0.25, -0.2) is 9.37 Å². The van der Waals surface area contributed by atoms with Gasteiger partial charge in [0.1, 0.15) is 28.1 Å². The van der Waals surface area contributed by atoms with Crippen LogP contribution in [0.25, 0.3) is 10.6 Å². The van der Waals surface area contributed by atoms with Gasteiger partial charge in [0.25, 0.3) is 5.91 Å². The van der Waals surface area contributed by atoms with Crippen molar-refractivity contribution in [3.63, 3.8) is 0 Å². The Labute approximate surface area is 149 Å². The summed E-state index contributed by atoms with van der Waals surface area (Å²) in [5, 5.41) is 3.53. The topological polar surface area (TPSA) is 51.2 Å². The Bertz CT molecular complexity index is 848. The van der Waals surface area contributed by atoms with Crippen molar-refractivity contribution in [3.05, 3.63) is 71.0 Å². The Hall–Kier alpha value is -2.73. The van der Waals surface area contributed by atoms with Gasteiger partial charge < -0.3 is 10.1 Å². The maximum absolute atomic E-state index is 13.0. The lowest BCUT2D eigenvalue weighted by Crippen LogP contribution is -2.27. The highest BCUT2D eigenvalue weighted by Gasteiger charge is 2.16. The average molecular weight is 356 g/mol. The zero-order valence-corrected chi connectivity index (χ0v) is 14.5. The Balaban J connectivity index is 1.58. The third-order valence-electron chi connectivity index (χ3n) is 3.49. The molecule has 128 valence electrons. The van der Waals surface area contributed by atoms with Crippen LogP contribution >= 0.6 is 11.3 Å². The summed E-state index contributed by atoms with van der Waals surface area (Å²) in [6, 6.07) is 15.5. The number of rotatable bonds is 6. The van der Waals surface area contributed by atoms with E-state index in [2.05, 4.69) is 10.3 Å². The molecule has 2 aromatic carbocycles. The van der Waals surface area contributed by atoms with E-state index in [0.29, 0.717) is 28.7 Å². The first-order valence-electron chi connectivity index (χ1n) is 7.83. The summed E-state index contributed by atoms with van der Waals surface area (Å²) in [6.07, 6.45) is 0. The number of carbonyl (C=O) groups is 1. The summed E-state index contributed by atoms with van der Waals surface area (Å²) in [4.78, 5) is 17.3. The zero-order valence-electron chi connectivity index (χ0n) is 13.7. The van der Waals surface area contributed by atoms with Crippen LogP contribution in [-0.4, -0.2) is 24.0 Å². The van der Waals surface area contributed by atoms with E-state index in [1.54, 1.807) is 19.1 Å². The quantitative estimate of drug-likeness (QED) is 0.678. The minimum atomic E-state index is -0.298. The third kappa shape index (κ3) is 4.42. The fourth-order valence-electron chi connectivity index (χ4n) is 2.25. The maximum atomic E-state index is 13.0. The van der Waals surface area contributed by atoms with Gasteiger partial charge in [0.05, 0.1) is 12.2 Å². The molecule has 0 unspecified atom stereocenters. The van der Waals surface area contributed by atoms with Crippen LogP contribution in [0.3, 0.4) is 0 Å². The molecule has 4 nitrogen and oxygen atoms in total. The number of amides is 1. The Morgan fingerprint density at radius 2 is 1.88 bits per heavy atom. The molecule has 3 aromatic rings. The molecule has 6 heteroatoms. The van der Waals surface area contributed by atoms with E-state index in [-0.39, 0.29) is 11.7 Å². The number of benzene rings is 2. The lowest BCUT2D eigenvalue weighted by atomic mass is 10.2. The molecular formula is C19H17FN2O2S. The number of thiazole rings is 1. The maximum Gasteiger partial charge on any atom is 0.263 e. The molecule has 0 saturated carbocycles. The predicted molar refractivity (Wildman–Crippen MR) is 96.5 cm³/mol. The van der Waals surface area contributed by atoms with Crippen LogP contribution in [0.5, 0.6) is 5.75 Å². The van der Waals surface area contributed by atoms with Crippen LogP contribution in [0.2, 0.25) is 0 Å². The predicted octanol–water partition coefficient (Wildman–Crippen LogP) is 4.07. The van der Waals surface area contributed by atoms with Crippen LogP contribution in [0.1, 0.15) is 15.4 Å². The van der Waals surface area contributed by atoms with E-state index in [1.165, 1.54) is 23.5 Å². The van der Waals surface area contributed by atoms with Gasteiger partial charge in [-0.05, 0) is 43.3 Å². The Morgan fingerprint density at radius 1 is 1.16 bits per heavy atom. The second kappa shape index (κ2) is 7.90. The van der Waals surface area contributed by atoms with Crippen LogP contribution in [0.4, 0.5) is 4.39 Å². The van der Waals surface area contributed by atoms with Crippen LogP contribution < -0.4 is 10.1 Å². The van der Waals surface area contributed by atoms with Gasteiger partial charge in [-0.3, -0.25) is 4.79 Å². The highest BCUT2D eigenvalue weighted by Crippen LogP contribution is 2.27. The summed E-state index contributed by atoms with van der Waals surface area (Å²) in [7, 11) is 0. The molecule has 25 heavy (non-hydrogen) atoms. The molecule has 0 aliphatic carbocycles. The van der Waals surface area contributed by atoms with Gasteiger partial charge in [0, 0.05) is 5.56 Å². The molecule has 1 amide bonds. The van der Waals surface area contributed by atoms with Crippen molar-refractivity contribution in [2.45, 2.75) is 6.92 Å². The second-order valence-electron chi connectivity index (χ2n) is 5.36.